The molecule has 0 aliphatic rings. The molecule has 0 unspecified atom stereocenters. The quantitative estimate of drug-likeness (QED) is 0.671. The van der Waals surface area contributed by atoms with E-state index in [9.17, 15) is 17.6 Å². The van der Waals surface area contributed by atoms with Crippen LogP contribution in [0.2, 0.25) is 0 Å². The maximum atomic E-state index is 13.2. The van der Waals surface area contributed by atoms with Crippen LogP contribution in [0, 0.1) is 5.82 Å². The lowest BCUT2D eigenvalue weighted by atomic mass is 10.1. The predicted octanol–water partition coefficient (Wildman–Crippen LogP) is 2.20. The average Bonchev–Trinajstić information content (AvgIpc) is 2.18. The summed E-state index contributed by atoms with van der Waals surface area (Å²) >= 11 is 2.97. The van der Waals surface area contributed by atoms with Gasteiger partial charge in [0.1, 0.15) is 5.82 Å². The minimum Gasteiger partial charge on any atom is -0.293 e. The number of carbonyl (C=O) groups is 1. The molecule has 96 valence electrons. The Morgan fingerprint density at radius 2 is 2.06 bits per heavy atom. The molecule has 1 aromatic rings. The third kappa shape index (κ3) is 5.01. The largest absolute Gasteiger partial charge is 0.293 e. The number of hydrogen-bond donors (Lipinski definition) is 1. The molecule has 0 atom stereocenters. The Morgan fingerprint density at radius 1 is 1.47 bits per heavy atom. The Bertz CT molecular complexity index is 521. The van der Waals surface area contributed by atoms with Crippen LogP contribution >= 0.6 is 28.3 Å². The summed E-state index contributed by atoms with van der Waals surface area (Å²) in [6.45, 7) is 0. The normalized spacial score (nSPS) is 10.5. The van der Waals surface area contributed by atoms with Crippen molar-refractivity contribution in [3.63, 3.8) is 0 Å². The van der Waals surface area contributed by atoms with Gasteiger partial charge < -0.3 is 0 Å². The van der Waals surface area contributed by atoms with Crippen molar-refractivity contribution >= 4 is 49.8 Å². The SMILES string of the molecule is CS(=O)(=O)Nc1cc(C(=O)CBr)ccc1F.Cl. The summed E-state index contributed by atoms with van der Waals surface area (Å²) in [5, 5.41) is 0.0942. The van der Waals surface area contributed by atoms with Gasteiger partial charge in [0.2, 0.25) is 10.0 Å². The highest BCUT2D eigenvalue weighted by Gasteiger charge is 2.11. The summed E-state index contributed by atoms with van der Waals surface area (Å²) in [6, 6.07) is 3.51. The van der Waals surface area contributed by atoms with E-state index in [4.69, 9.17) is 0 Å². The summed E-state index contributed by atoms with van der Waals surface area (Å²) in [5.41, 5.74) is 0.0127. The van der Waals surface area contributed by atoms with Gasteiger partial charge >= 0.3 is 0 Å². The number of benzene rings is 1. The number of rotatable bonds is 4. The molecule has 8 heteroatoms. The summed E-state index contributed by atoms with van der Waals surface area (Å²) in [7, 11) is -3.56. The Hall–Kier alpha value is -0.660. The highest BCUT2D eigenvalue weighted by Crippen LogP contribution is 2.18. The van der Waals surface area contributed by atoms with Gasteiger partial charge in [-0.2, -0.15) is 0 Å². The highest BCUT2D eigenvalue weighted by molar-refractivity contribution is 9.09. The molecule has 0 amide bonds. The number of ketones is 1. The second-order valence-corrected chi connectivity index (χ2v) is 5.43. The molecular weight excluding hydrogens is 337 g/mol. The fraction of sp³-hybridized carbons (Fsp3) is 0.222. The number of halogens is 3. The molecule has 0 saturated carbocycles. The average molecular weight is 347 g/mol. The predicted molar refractivity (Wildman–Crippen MR) is 70.2 cm³/mol. The van der Waals surface area contributed by atoms with Gasteiger partial charge in [-0.05, 0) is 18.2 Å². The zero-order valence-electron chi connectivity index (χ0n) is 8.74. The fourth-order valence-electron chi connectivity index (χ4n) is 1.05. The minimum absolute atomic E-state index is 0. The molecule has 1 aromatic carbocycles. The molecule has 0 spiro atoms. The number of sulfonamides is 1. The van der Waals surface area contributed by atoms with Crippen molar-refractivity contribution < 1.29 is 17.6 Å². The van der Waals surface area contributed by atoms with Crippen LogP contribution in [0.3, 0.4) is 0 Å². The van der Waals surface area contributed by atoms with Crippen molar-refractivity contribution in [2.24, 2.45) is 0 Å². The first kappa shape index (κ1) is 16.3. The van der Waals surface area contributed by atoms with Crippen molar-refractivity contribution in [3.8, 4) is 0 Å². The topological polar surface area (TPSA) is 63.2 Å². The lowest BCUT2D eigenvalue weighted by molar-refractivity contribution is 0.102. The van der Waals surface area contributed by atoms with E-state index in [1.165, 1.54) is 12.1 Å². The van der Waals surface area contributed by atoms with Crippen LogP contribution in [0.5, 0.6) is 0 Å². The van der Waals surface area contributed by atoms with Crippen molar-refractivity contribution in [2.75, 3.05) is 16.3 Å². The van der Waals surface area contributed by atoms with Gasteiger partial charge in [0.25, 0.3) is 0 Å². The molecule has 0 fully saturated rings. The lowest BCUT2D eigenvalue weighted by Crippen LogP contribution is -2.12. The van der Waals surface area contributed by atoms with Crippen LogP contribution in [-0.2, 0) is 10.0 Å². The number of Topliss-reactive ketones (excluding diaryl/α,β-unsaturated/α-hetero) is 1. The van der Waals surface area contributed by atoms with Gasteiger partial charge in [0.15, 0.2) is 5.78 Å². The van der Waals surface area contributed by atoms with Crippen LogP contribution in [0.4, 0.5) is 10.1 Å². The zero-order chi connectivity index (χ0) is 12.3. The fourth-order valence-corrected chi connectivity index (χ4v) is 1.93. The first-order chi connectivity index (χ1) is 7.33. The first-order valence-electron chi connectivity index (χ1n) is 4.20. The number of anilines is 1. The second-order valence-electron chi connectivity index (χ2n) is 3.13. The van der Waals surface area contributed by atoms with E-state index in [0.29, 0.717) is 0 Å². The molecule has 0 aliphatic carbocycles. The second kappa shape index (κ2) is 6.32. The molecule has 0 aliphatic heterocycles. The first-order valence-corrected chi connectivity index (χ1v) is 7.21. The van der Waals surface area contributed by atoms with Crippen molar-refractivity contribution in [3.05, 3.63) is 29.6 Å². The van der Waals surface area contributed by atoms with Crippen molar-refractivity contribution in [1.29, 1.82) is 0 Å². The van der Waals surface area contributed by atoms with E-state index in [2.05, 4.69) is 15.9 Å². The lowest BCUT2D eigenvalue weighted by Gasteiger charge is -2.06. The van der Waals surface area contributed by atoms with Gasteiger partial charge in [0.05, 0.1) is 17.3 Å². The Balaban J connectivity index is 0.00000256. The number of hydrogen-bond acceptors (Lipinski definition) is 3. The molecule has 17 heavy (non-hydrogen) atoms. The van der Waals surface area contributed by atoms with Crippen molar-refractivity contribution in [2.45, 2.75) is 0 Å². The molecule has 4 nitrogen and oxygen atoms in total. The molecule has 1 rings (SSSR count). The Labute approximate surface area is 113 Å². The third-order valence-corrected chi connectivity index (χ3v) is 2.81. The molecular formula is C9H10BrClFNO3S. The van der Waals surface area contributed by atoms with E-state index in [-0.39, 0.29) is 34.8 Å². The van der Waals surface area contributed by atoms with Gasteiger partial charge in [0, 0.05) is 5.56 Å². The van der Waals surface area contributed by atoms with E-state index in [1.807, 2.05) is 4.72 Å². The molecule has 0 heterocycles. The molecule has 1 N–H and O–H groups in total. The molecule has 0 saturated heterocycles. The number of alkyl halides is 1. The van der Waals surface area contributed by atoms with Gasteiger partial charge in [-0.25, -0.2) is 12.8 Å². The molecule has 0 bridgehead atoms. The summed E-state index contributed by atoms with van der Waals surface area (Å²) < 4.78 is 37.1. The van der Waals surface area contributed by atoms with Crippen LogP contribution in [0.1, 0.15) is 10.4 Å². The maximum Gasteiger partial charge on any atom is 0.229 e. The van der Waals surface area contributed by atoms with Gasteiger partial charge in [-0.1, -0.05) is 15.9 Å². The van der Waals surface area contributed by atoms with E-state index in [1.54, 1.807) is 0 Å². The molecule has 0 radical (unpaired) electrons. The van der Waals surface area contributed by atoms with Crippen LogP contribution < -0.4 is 4.72 Å². The Kier molecular flexibility index (Phi) is 6.08. The minimum atomic E-state index is -3.56. The smallest absolute Gasteiger partial charge is 0.229 e. The zero-order valence-corrected chi connectivity index (χ0v) is 12.0. The number of carbonyl (C=O) groups excluding carboxylic acids is 1. The van der Waals surface area contributed by atoms with Crippen LogP contribution in [0.25, 0.3) is 0 Å². The summed E-state index contributed by atoms with van der Waals surface area (Å²) in [5.74, 6) is -0.979. The van der Waals surface area contributed by atoms with Crippen molar-refractivity contribution in [1.82, 2.24) is 0 Å². The Morgan fingerprint density at radius 3 is 2.53 bits per heavy atom. The summed E-state index contributed by atoms with van der Waals surface area (Å²) in [4.78, 5) is 11.3. The van der Waals surface area contributed by atoms with Gasteiger partial charge in [-0.15, -0.1) is 12.4 Å². The van der Waals surface area contributed by atoms with Crippen LogP contribution in [-0.4, -0.2) is 25.8 Å². The number of nitrogens with one attached hydrogen (secondary N) is 1. The van der Waals surface area contributed by atoms with Crippen LogP contribution in [0.15, 0.2) is 18.2 Å². The van der Waals surface area contributed by atoms with E-state index < -0.39 is 15.8 Å². The third-order valence-electron chi connectivity index (χ3n) is 1.71. The maximum absolute atomic E-state index is 13.2. The standard InChI is InChI=1S/C9H9BrFNO3S.ClH/c1-16(14,15)12-8-4-6(9(13)5-10)2-3-7(8)11;/h2-4,12H,5H2,1H3;1H. The van der Waals surface area contributed by atoms with E-state index in [0.717, 1.165) is 12.3 Å². The highest BCUT2D eigenvalue weighted by atomic mass is 79.9. The van der Waals surface area contributed by atoms with E-state index >= 15 is 0 Å². The molecule has 0 aromatic heterocycles. The monoisotopic (exact) mass is 345 g/mol. The van der Waals surface area contributed by atoms with Gasteiger partial charge in [-0.3, -0.25) is 9.52 Å². The summed E-state index contributed by atoms with van der Waals surface area (Å²) in [6.07, 6.45) is 0.908.